The number of rotatable bonds is 6. The second-order valence-corrected chi connectivity index (χ2v) is 8.73. The van der Waals surface area contributed by atoms with Crippen molar-refractivity contribution in [3.8, 4) is 17.0 Å². The van der Waals surface area contributed by atoms with Crippen LogP contribution in [0.5, 0.6) is 5.75 Å². The van der Waals surface area contributed by atoms with Crippen LogP contribution >= 0.6 is 0 Å². The van der Waals surface area contributed by atoms with Crippen LogP contribution in [0, 0.1) is 0 Å². The zero-order valence-electron chi connectivity index (χ0n) is 18.7. The van der Waals surface area contributed by atoms with Crippen LogP contribution in [0.25, 0.3) is 22.3 Å². The molecule has 2 fully saturated rings. The molecule has 2 unspecified atom stereocenters. The summed E-state index contributed by atoms with van der Waals surface area (Å²) in [4.78, 5) is 17.9. The summed E-state index contributed by atoms with van der Waals surface area (Å²) in [6, 6.07) is 9.18. The van der Waals surface area contributed by atoms with E-state index in [0.717, 1.165) is 41.6 Å². The molecule has 2 aliphatic heterocycles. The van der Waals surface area contributed by atoms with Crippen molar-refractivity contribution in [2.45, 2.75) is 37.3 Å². The lowest BCUT2D eigenvalue weighted by Crippen LogP contribution is -2.58. The predicted molar refractivity (Wildman–Crippen MR) is 124 cm³/mol. The van der Waals surface area contributed by atoms with Crippen LogP contribution in [0.3, 0.4) is 0 Å². The first-order valence-electron chi connectivity index (χ1n) is 11.3. The van der Waals surface area contributed by atoms with Crippen molar-refractivity contribution in [1.29, 1.82) is 0 Å². The Kier molecular flexibility index (Phi) is 5.86. The third-order valence-electron chi connectivity index (χ3n) is 6.79. The number of fused-ring (bicyclic) bond motifs is 3. The van der Waals surface area contributed by atoms with Gasteiger partial charge in [0.2, 0.25) is 5.91 Å². The Labute approximate surface area is 192 Å². The Bertz CT molecular complexity index is 1180. The summed E-state index contributed by atoms with van der Waals surface area (Å²) < 4.78 is 11.2. The van der Waals surface area contributed by atoms with Gasteiger partial charge in [-0.15, -0.1) is 10.2 Å². The molecule has 0 aliphatic carbocycles. The number of nitrogens with one attached hydrogen (secondary N) is 1. The smallest absolute Gasteiger partial charge is 0.246 e. The monoisotopic (exact) mass is 448 g/mol. The lowest BCUT2D eigenvalue weighted by Gasteiger charge is -2.48. The van der Waals surface area contributed by atoms with Gasteiger partial charge in [-0.1, -0.05) is 18.7 Å². The third-order valence-corrected chi connectivity index (χ3v) is 6.79. The van der Waals surface area contributed by atoms with Crippen molar-refractivity contribution >= 4 is 16.9 Å². The predicted octanol–water partition coefficient (Wildman–Crippen LogP) is 3.18. The Morgan fingerprint density at radius 2 is 2.06 bits per heavy atom. The van der Waals surface area contributed by atoms with E-state index in [0.29, 0.717) is 31.1 Å². The topological polar surface area (TPSA) is 101 Å². The van der Waals surface area contributed by atoms with E-state index in [4.69, 9.17) is 9.47 Å². The maximum absolute atomic E-state index is 12.5. The molecule has 0 radical (unpaired) electrons. The number of amides is 1. The standard InChI is InChI=1S/C25H28N4O4/c1-3-23(31)29-16-10-15(11-17(29)14-33-13-16)24-18(8-9-32-2)20-12-21(27-28-25(20)26-24)19-6-4-5-7-22(19)30/h3-7,12,15-17,30H,1,8-11,13-14H2,2H3,(H,26,28). The minimum Gasteiger partial charge on any atom is -0.507 e. The number of para-hydroxylation sites is 1. The molecule has 2 atom stereocenters. The van der Waals surface area contributed by atoms with Gasteiger partial charge in [0.05, 0.1) is 37.6 Å². The molecule has 1 aromatic carbocycles. The van der Waals surface area contributed by atoms with Gasteiger partial charge in [0.1, 0.15) is 5.75 Å². The number of phenols is 1. The fraction of sp³-hybridized carbons (Fsp3) is 0.400. The van der Waals surface area contributed by atoms with Crippen molar-refractivity contribution in [3.63, 3.8) is 0 Å². The van der Waals surface area contributed by atoms with E-state index >= 15 is 0 Å². The van der Waals surface area contributed by atoms with E-state index in [1.807, 2.05) is 23.1 Å². The number of morpholine rings is 1. The lowest BCUT2D eigenvalue weighted by atomic mass is 9.81. The highest BCUT2D eigenvalue weighted by Gasteiger charge is 2.42. The molecule has 3 aromatic rings. The maximum Gasteiger partial charge on any atom is 0.246 e. The molecule has 2 aliphatic rings. The van der Waals surface area contributed by atoms with Gasteiger partial charge >= 0.3 is 0 Å². The number of nitrogens with zero attached hydrogens (tertiary/aromatic N) is 3. The second kappa shape index (κ2) is 8.96. The number of H-pyrrole nitrogens is 1. The number of phenolic OH excluding ortho intramolecular Hbond substituents is 1. The quantitative estimate of drug-likeness (QED) is 0.562. The van der Waals surface area contributed by atoms with Crippen LogP contribution in [-0.2, 0) is 20.7 Å². The number of benzene rings is 1. The summed E-state index contributed by atoms with van der Waals surface area (Å²) in [5.74, 6) is 0.390. The third kappa shape index (κ3) is 3.89. The zero-order valence-corrected chi connectivity index (χ0v) is 18.7. The van der Waals surface area contributed by atoms with E-state index in [-0.39, 0.29) is 29.7 Å². The molecule has 1 amide bonds. The molecule has 172 valence electrons. The highest BCUT2D eigenvalue weighted by Crippen LogP contribution is 2.41. The van der Waals surface area contributed by atoms with E-state index < -0.39 is 0 Å². The molecular weight excluding hydrogens is 420 g/mol. The van der Waals surface area contributed by atoms with Crippen molar-refractivity contribution in [3.05, 3.63) is 54.2 Å². The summed E-state index contributed by atoms with van der Waals surface area (Å²) in [6.45, 7) is 5.33. The average Bonchev–Trinajstić information content (AvgIpc) is 3.19. The van der Waals surface area contributed by atoms with Crippen molar-refractivity contribution in [2.24, 2.45) is 0 Å². The minimum absolute atomic E-state index is 0.0256. The highest BCUT2D eigenvalue weighted by molar-refractivity contribution is 5.88. The number of aromatic nitrogens is 3. The van der Waals surface area contributed by atoms with E-state index in [9.17, 15) is 9.90 Å². The van der Waals surface area contributed by atoms with Crippen LogP contribution in [0.4, 0.5) is 0 Å². The normalized spacial score (nSPS) is 22.5. The minimum atomic E-state index is -0.0267. The molecule has 8 heteroatoms. The van der Waals surface area contributed by atoms with Crippen molar-refractivity contribution in [2.75, 3.05) is 26.9 Å². The Balaban J connectivity index is 1.55. The van der Waals surface area contributed by atoms with Crippen molar-refractivity contribution < 1.29 is 19.4 Å². The summed E-state index contributed by atoms with van der Waals surface area (Å²) in [6.07, 6.45) is 3.75. The molecule has 2 aromatic heterocycles. The molecule has 2 bridgehead atoms. The molecule has 4 heterocycles. The number of piperidine rings is 1. The number of carbonyl (C=O) groups excluding carboxylic acids is 1. The van der Waals surface area contributed by atoms with Crippen LogP contribution in [0.2, 0.25) is 0 Å². The lowest BCUT2D eigenvalue weighted by molar-refractivity contribution is -0.146. The van der Waals surface area contributed by atoms with Gasteiger partial charge in [-0.3, -0.25) is 4.79 Å². The Hall–Kier alpha value is -3.23. The summed E-state index contributed by atoms with van der Waals surface area (Å²) >= 11 is 0. The number of hydrogen-bond donors (Lipinski definition) is 2. The Morgan fingerprint density at radius 1 is 1.30 bits per heavy atom. The van der Waals surface area contributed by atoms with E-state index in [1.54, 1.807) is 19.2 Å². The first-order chi connectivity index (χ1) is 16.1. The summed E-state index contributed by atoms with van der Waals surface area (Å²) in [7, 11) is 1.70. The van der Waals surface area contributed by atoms with E-state index in [1.165, 1.54) is 6.08 Å². The molecule has 0 spiro atoms. The van der Waals surface area contributed by atoms with Crippen LogP contribution < -0.4 is 0 Å². The van der Waals surface area contributed by atoms with Gasteiger partial charge < -0.3 is 24.5 Å². The molecule has 8 nitrogen and oxygen atoms in total. The Morgan fingerprint density at radius 3 is 2.76 bits per heavy atom. The molecule has 5 rings (SSSR count). The number of ether oxygens (including phenoxy) is 2. The second-order valence-electron chi connectivity index (χ2n) is 8.73. The van der Waals surface area contributed by atoms with E-state index in [2.05, 4.69) is 21.8 Å². The van der Waals surface area contributed by atoms with Crippen molar-refractivity contribution in [1.82, 2.24) is 20.1 Å². The fourth-order valence-electron chi connectivity index (χ4n) is 5.32. The summed E-state index contributed by atoms with van der Waals surface area (Å²) in [5.41, 5.74) is 4.29. The van der Waals surface area contributed by atoms with Crippen LogP contribution in [0.15, 0.2) is 43.0 Å². The fourth-order valence-corrected chi connectivity index (χ4v) is 5.32. The first kappa shape index (κ1) is 21.6. The number of hydrogen-bond acceptors (Lipinski definition) is 6. The molecule has 2 saturated heterocycles. The zero-order chi connectivity index (χ0) is 22.9. The summed E-state index contributed by atoms with van der Waals surface area (Å²) in [5, 5.41) is 20.1. The maximum atomic E-state index is 12.5. The number of aromatic hydroxyl groups is 1. The molecule has 0 saturated carbocycles. The number of aromatic amines is 1. The van der Waals surface area contributed by atoms with Gasteiger partial charge in [-0.05, 0) is 49.1 Å². The van der Waals surface area contributed by atoms with Gasteiger partial charge in [-0.25, -0.2) is 0 Å². The van der Waals surface area contributed by atoms with Gasteiger partial charge in [-0.2, -0.15) is 0 Å². The van der Waals surface area contributed by atoms with Gasteiger partial charge in [0, 0.05) is 29.7 Å². The average molecular weight is 449 g/mol. The molecule has 2 N–H and O–H groups in total. The number of methoxy groups -OCH3 is 1. The van der Waals surface area contributed by atoms with Crippen LogP contribution in [0.1, 0.15) is 30.0 Å². The van der Waals surface area contributed by atoms with Gasteiger partial charge in [0.15, 0.2) is 5.65 Å². The molecule has 33 heavy (non-hydrogen) atoms. The highest BCUT2D eigenvalue weighted by atomic mass is 16.5. The van der Waals surface area contributed by atoms with Gasteiger partial charge in [0.25, 0.3) is 0 Å². The first-order valence-corrected chi connectivity index (χ1v) is 11.3. The number of carbonyl (C=O) groups is 1. The van der Waals surface area contributed by atoms with Crippen LogP contribution in [-0.4, -0.2) is 70.1 Å². The largest absolute Gasteiger partial charge is 0.507 e. The molecular formula is C25H28N4O4. The SMILES string of the molecule is C=CC(=O)N1C2COCC1CC(c1[nH]c3nnc(-c4ccccc4O)cc3c1CCOC)C2.